The van der Waals surface area contributed by atoms with Gasteiger partial charge in [0.05, 0.1) is 13.2 Å². The second-order valence-electron chi connectivity index (χ2n) is 7.80. The molecule has 0 radical (unpaired) electrons. The zero-order valence-corrected chi connectivity index (χ0v) is 20.5. The van der Waals surface area contributed by atoms with Crippen molar-refractivity contribution in [3.63, 3.8) is 0 Å². The normalized spacial score (nSPS) is 11.7. The molecule has 0 saturated carbocycles. The summed E-state index contributed by atoms with van der Waals surface area (Å²) in [6, 6.07) is 2.06. The van der Waals surface area contributed by atoms with Crippen LogP contribution in [-0.2, 0) is 32.7 Å². The number of hydrogen-bond donors (Lipinski definition) is 0. The van der Waals surface area contributed by atoms with Gasteiger partial charge < -0.3 is 23.1 Å². The lowest BCUT2D eigenvalue weighted by molar-refractivity contribution is -0.140. The van der Waals surface area contributed by atoms with E-state index in [1.165, 1.54) is 0 Å². The highest BCUT2D eigenvalue weighted by Crippen LogP contribution is 2.23. The van der Waals surface area contributed by atoms with Crippen LogP contribution in [0.3, 0.4) is 0 Å². The van der Waals surface area contributed by atoms with E-state index in [0.717, 1.165) is 37.1 Å². The van der Waals surface area contributed by atoms with Crippen LogP contribution >= 0.6 is 0 Å². The number of carbonyl (C=O) groups excluding carboxylic acids is 2. The highest BCUT2D eigenvalue weighted by molar-refractivity contribution is 6.84. The van der Waals surface area contributed by atoms with Crippen molar-refractivity contribution in [3.8, 4) is 0 Å². The summed E-state index contributed by atoms with van der Waals surface area (Å²) in [7, 11) is -3.51. The van der Waals surface area contributed by atoms with Crippen molar-refractivity contribution in [3.05, 3.63) is 25.3 Å². The van der Waals surface area contributed by atoms with Crippen molar-refractivity contribution in [2.75, 3.05) is 39.6 Å². The Balaban J connectivity index is 3.84. The SMILES string of the molecule is C=CC(=O)OCCOCCC[Si](C)(C)O[Si](C)(C)CCCOCCOC(=O)C=C. The Kier molecular flexibility index (Phi) is 14.9. The first-order chi connectivity index (χ1) is 13.6. The summed E-state index contributed by atoms with van der Waals surface area (Å²) in [4.78, 5) is 21.8. The third-order valence-corrected chi connectivity index (χ3v) is 11.5. The van der Waals surface area contributed by atoms with Crippen molar-refractivity contribution in [2.45, 2.75) is 51.1 Å². The number of carbonyl (C=O) groups is 2. The molecule has 0 aromatic rings. The molecule has 0 aromatic heterocycles. The molecular formula is C20H38O7Si2. The van der Waals surface area contributed by atoms with Crippen LogP contribution in [0.25, 0.3) is 0 Å². The minimum absolute atomic E-state index is 0.251. The molecule has 7 nitrogen and oxygen atoms in total. The number of hydrogen-bond acceptors (Lipinski definition) is 7. The molecular weight excluding hydrogens is 408 g/mol. The molecule has 0 aliphatic heterocycles. The van der Waals surface area contributed by atoms with Crippen molar-refractivity contribution < 1.29 is 32.7 Å². The Bertz CT molecular complexity index is 463. The van der Waals surface area contributed by atoms with Crippen molar-refractivity contribution in [1.29, 1.82) is 0 Å². The summed E-state index contributed by atoms with van der Waals surface area (Å²) in [6.07, 6.45) is 4.16. The van der Waals surface area contributed by atoms with Crippen LogP contribution in [0.2, 0.25) is 38.3 Å². The van der Waals surface area contributed by atoms with Crippen LogP contribution < -0.4 is 0 Å². The summed E-state index contributed by atoms with van der Waals surface area (Å²) in [5.41, 5.74) is 0. The second kappa shape index (κ2) is 15.6. The Morgan fingerprint density at radius 2 is 1.07 bits per heavy atom. The summed E-state index contributed by atoms with van der Waals surface area (Å²) in [5.74, 6) is -0.853. The van der Waals surface area contributed by atoms with Gasteiger partial charge in [0.2, 0.25) is 0 Å². The fourth-order valence-corrected chi connectivity index (χ4v) is 11.6. The predicted octanol–water partition coefficient (Wildman–Crippen LogP) is 3.69. The maximum absolute atomic E-state index is 10.9. The van der Waals surface area contributed by atoms with Crippen LogP contribution in [0.15, 0.2) is 25.3 Å². The lowest BCUT2D eigenvalue weighted by Crippen LogP contribution is -2.44. The largest absolute Gasteiger partial charge is 0.460 e. The van der Waals surface area contributed by atoms with Gasteiger partial charge in [-0.1, -0.05) is 13.2 Å². The third-order valence-electron chi connectivity index (χ3n) is 3.96. The maximum Gasteiger partial charge on any atom is 0.330 e. The maximum atomic E-state index is 10.9. The highest BCUT2D eigenvalue weighted by Gasteiger charge is 2.32. The van der Waals surface area contributed by atoms with Crippen LogP contribution in [0.1, 0.15) is 12.8 Å². The van der Waals surface area contributed by atoms with Crippen LogP contribution in [0.5, 0.6) is 0 Å². The fourth-order valence-electron chi connectivity index (χ4n) is 2.77. The molecule has 0 bridgehead atoms. The smallest absolute Gasteiger partial charge is 0.330 e. The molecule has 9 heteroatoms. The van der Waals surface area contributed by atoms with Crippen molar-refractivity contribution >= 4 is 28.6 Å². The average molecular weight is 447 g/mol. The monoisotopic (exact) mass is 446 g/mol. The van der Waals surface area contributed by atoms with E-state index in [9.17, 15) is 9.59 Å². The molecule has 0 spiro atoms. The summed E-state index contributed by atoms with van der Waals surface area (Å²) < 4.78 is 27.3. The minimum Gasteiger partial charge on any atom is -0.460 e. The molecule has 0 fully saturated rings. The number of esters is 2. The van der Waals surface area contributed by atoms with Gasteiger partial charge in [-0.05, 0) is 51.1 Å². The van der Waals surface area contributed by atoms with Crippen LogP contribution in [-0.4, -0.2) is 68.2 Å². The minimum atomic E-state index is -1.75. The van der Waals surface area contributed by atoms with E-state index in [0.29, 0.717) is 26.4 Å². The first-order valence-electron chi connectivity index (χ1n) is 10.1. The molecule has 0 atom stereocenters. The molecule has 0 aliphatic carbocycles. The quantitative estimate of drug-likeness (QED) is 0.137. The van der Waals surface area contributed by atoms with Gasteiger partial charge in [-0.25, -0.2) is 9.59 Å². The molecule has 0 aliphatic rings. The summed E-state index contributed by atoms with van der Waals surface area (Å²) in [5, 5.41) is 0. The van der Waals surface area contributed by atoms with Gasteiger partial charge in [0.15, 0.2) is 16.6 Å². The molecule has 0 heterocycles. The van der Waals surface area contributed by atoms with Gasteiger partial charge in [-0.2, -0.15) is 0 Å². The Labute approximate surface area is 177 Å². The van der Waals surface area contributed by atoms with Gasteiger partial charge in [-0.15, -0.1) is 0 Å². The number of ether oxygens (including phenoxy) is 4. The summed E-state index contributed by atoms with van der Waals surface area (Å²) >= 11 is 0. The topological polar surface area (TPSA) is 80.3 Å². The van der Waals surface area contributed by atoms with Crippen LogP contribution in [0, 0.1) is 0 Å². The molecule has 0 N–H and O–H groups in total. The van der Waals surface area contributed by atoms with E-state index >= 15 is 0 Å². The first kappa shape index (κ1) is 27.7. The fraction of sp³-hybridized carbons (Fsp3) is 0.700. The van der Waals surface area contributed by atoms with Crippen molar-refractivity contribution in [1.82, 2.24) is 0 Å². The lowest BCUT2D eigenvalue weighted by atomic mass is 10.5. The van der Waals surface area contributed by atoms with Gasteiger partial charge in [0, 0.05) is 25.4 Å². The Hall–Kier alpha value is -1.27. The van der Waals surface area contributed by atoms with E-state index in [-0.39, 0.29) is 13.2 Å². The van der Waals surface area contributed by atoms with E-state index in [2.05, 4.69) is 39.3 Å². The molecule has 168 valence electrons. The predicted molar refractivity (Wildman–Crippen MR) is 119 cm³/mol. The van der Waals surface area contributed by atoms with Gasteiger partial charge in [-0.3, -0.25) is 0 Å². The molecule has 0 amide bonds. The zero-order valence-electron chi connectivity index (χ0n) is 18.5. The van der Waals surface area contributed by atoms with Gasteiger partial charge >= 0.3 is 11.9 Å². The second-order valence-corrected chi connectivity index (χ2v) is 16.7. The lowest BCUT2D eigenvalue weighted by Gasteiger charge is -2.34. The molecule has 29 heavy (non-hydrogen) atoms. The first-order valence-corrected chi connectivity index (χ1v) is 16.3. The van der Waals surface area contributed by atoms with Gasteiger partial charge in [0.1, 0.15) is 13.2 Å². The molecule has 0 unspecified atom stereocenters. The van der Waals surface area contributed by atoms with E-state index in [1.54, 1.807) is 0 Å². The standard InChI is InChI=1S/C20H38O7Si2/c1-7-19(21)25-15-13-23-11-9-17-28(3,4)27-29(5,6)18-10-12-24-14-16-26-20(22)8-2/h7-8H,1-2,9-18H2,3-6H3. The van der Waals surface area contributed by atoms with Crippen LogP contribution in [0.4, 0.5) is 0 Å². The zero-order chi connectivity index (χ0) is 22.2. The highest BCUT2D eigenvalue weighted by atomic mass is 28.4. The van der Waals surface area contributed by atoms with E-state index < -0.39 is 28.6 Å². The molecule has 0 rings (SSSR count). The summed E-state index contributed by atoms with van der Waals surface area (Å²) in [6.45, 7) is 18.2. The third kappa shape index (κ3) is 17.3. The molecule has 0 aromatic carbocycles. The van der Waals surface area contributed by atoms with E-state index in [1.807, 2.05) is 0 Å². The Morgan fingerprint density at radius 1 is 0.690 bits per heavy atom. The van der Waals surface area contributed by atoms with Gasteiger partial charge in [0.25, 0.3) is 0 Å². The van der Waals surface area contributed by atoms with Crippen molar-refractivity contribution in [2.24, 2.45) is 0 Å². The Morgan fingerprint density at radius 3 is 1.41 bits per heavy atom. The van der Waals surface area contributed by atoms with E-state index in [4.69, 9.17) is 23.1 Å². The molecule has 0 saturated heterocycles. The average Bonchev–Trinajstić information content (AvgIpc) is 2.64. The number of rotatable bonds is 18.